The lowest BCUT2D eigenvalue weighted by Crippen LogP contribution is -2.37. The van der Waals surface area contributed by atoms with Gasteiger partial charge in [0.25, 0.3) is 0 Å². The van der Waals surface area contributed by atoms with Crippen LogP contribution in [0.25, 0.3) is 0 Å². The van der Waals surface area contributed by atoms with E-state index in [9.17, 15) is 19.2 Å². The highest BCUT2D eigenvalue weighted by molar-refractivity contribution is 5.87. The summed E-state index contributed by atoms with van der Waals surface area (Å²) in [4.78, 5) is 47.0. The minimum absolute atomic E-state index is 0.00668. The highest BCUT2D eigenvalue weighted by Gasteiger charge is 2.17. The summed E-state index contributed by atoms with van der Waals surface area (Å²) in [6.45, 7) is 10.0. The van der Waals surface area contributed by atoms with Crippen molar-refractivity contribution in [1.82, 2.24) is 10.6 Å². The molecule has 226 valence electrons. The van der Waals surface area contributed by atoms with Gasteiger partial charge in [0.1, 0.15) is 44.5 Å². The first-order chi connectivity index (χ1) is 20.1. The third-order valence-corrected chi connectivity index (χ3v) is 5.06. The maximum absolute atomic E-state index is 12.3. The van der Waals surface area contributed by atoms with Gasteiger partial charge >= 0.3 is 24.1 Å². The van der Waals surface area contributed by atoms with Crippen molar-refractivity contribution in [1.29, 1.82) is 0 Å². The molecule has 42 heavy (non-hydrogen) atoms. The van der Waals surface area contributed by atoms with Crippen LogP contribution in [0.2, 0.25) is 0 Å². The van der Waals surface area contributed by atoms with Gasteiger partial charge in [-0.25, -0.2) is 19.2 Å². The average molecular weight is 585 g/mol. The van der Waals surface area contributed by atoms with Crippen molar-refractivity contribution >= 4 is 24.1 Å². The zero-order chi connectivity index (χ0) is 30.7. The monoisotopic (exact) mass is 584 g/mol. The molecule has 0 spiro atoms. The first kappa shape index (κ1) is 33.2. The Morgan fingerprint density at radius 2 is 1.26 bits per heavy atom. The fourth-order valence-electron chi connectivity index (χ4n) is 2.97. The summed E-state index contributed by atoms with van der Waals surface area (Å²) in [5, 5.41) is 4.99. The maximum Gasteiger partial charge on any atom is 0.407 e. The molecule has 0 radical (unpaired) electrons. The number of nitrogens with one attached hydrogen (secondary N) is 2. The van der Waals surface area contributed by atoms with E-state index in [2.05, 4.69) is 23.8 Å². The Morgan fingerprint density at radius 1 is 0.714 bits per heavy atom. The predicted octanol–water partition coefficient (Wildman–Crippen LogP) is 3.70. The first-order valence-corrected chi connectivity index (χ1v) is 13.0. The Morgan fingerprint density at radius 3 is 1.86 bits per heavy atom. The normalized spacial score (nSPS) is 10.8. The van der Waals surface area contributed by atoms with Crippen molar-refractivity contribution < 1.29 is 47.6 Å². The van der Waals surface area contributed by atoms with Crippen molar-refractivity contribution in [3.8, 4) is 11.5 Å². The molecule has 0 aliphatic rings. The fraction of sp³-hybridized carbons (Fsp3) is 0.333. The molecule has 0 aliphatic carbocycles. The number of amides is 2. The van der Waals surface area contributed by atoms with Gasteiger partial charge < -0.3 is 39.1 Å². The summed E-state index contributed by atoms with van der Waals surface area (Å²) in [5.41, 5.74) is 1.17. The third kappa shape index (κ3) is 13.9. The van der Waals surface area contributed by atoms with Crippen LogP contribution in [0, 0.1) is 0 Å². The largest absolute Gasteiger partial charge is 0.490 e. The summed E-state index contributed by atoms with van der Waals surface area (Å²) in [5.74, 6) is -0.0562. The van der Waals surface area contributed by atoms with Crippen LogP contribution < -0.4 is 20.1 Å². The second-order valence-corrected chi connectivity index (χ2v) is 8.87. The molecule has 2 aromatic rings. The second-order valence-electron chi connectivity index (χ2n) is 8.87. The van der Waals surface area contributed by atoms with Crippen molar-refractivity contribution in [2.24, 2.45) is 0 Å². The molecular weight excluding hydrogens is 548 g/mol. The van der Waals surface area contributed by atoms with Crippen LogP contribution in [0.1, 0.15) is 19.4 Å². The minimum Gasteiger partial charge on any atom is -0.490 e. The zero-order valence-corrected chi connectivity index (χ0v) is 23.7. The van der Waals surface area contributed by atoms with E-state index in [0.29, 0.717) is 17.1 Å². The second kappa shape index (κ2) is 18.4. The highest BCUT2D eigenvalue weighted by Crippen LogP contribution is 2.16. The number of benzene rings is 2. The van der Waals surface area contributed by atoms with E-state index in [1.807, 2.05) is 18.2 Å². The molecule has 1 atom stereocenters. The highest BCUT2D eigenvalue weighted by atomic mass is 16.6. The van der Waals surface area contributed by atoms with E-state index < -0.39 is 30.2 Å². The molecule has 12 heteroatoms. The lowest BCUT2D eigenvalue weighted by molar-refractivity contribution is -0.139. The van der Waals surface area contributed by atoms with E-state index in [0.717, 1.165) is 0 Å². The predicted molar refractivity (Wildman–Crippen MR) is 152 cm³/mol. The Kier molecular flexibility index (Phi) is 14.5. The summed E-state index contributed by atoms with van der Waals surface area (Å²) in [6.07, 6.45) is -2.22. The smallest absolute Gasteiger partial charge is 0.407 e. The van der Waals surface area contributed by atoms with Crippen molar-refractivity contribution in [3.63, 3.8) is 0 Å². The summed E-state index contributed by atoms with van der Waals surface area (Å²) in [6, 6.07) is 15.8. The SMILES string of the molecule is C=C(C)C(=O)OCCNC(=O)OCc1cccc(OCC(COc2ccccc2)OC(=O)NCCOC(=O)C(=C)C)c1. The number of alkyl carbamates (subject to hydrolysis) is 2. The lowest BCUT2D eigenvalue weighted by atomic mass is 10.2. The average Bonchev–Trinajstić information content (AvgIpc) is 2.98. The number of hydrogen-bond acceptors (Lipinski definition) is 10. The molecule has 0 bridgehead atoms. The molecule has 0 heterocycles. The van der Waals surface area contributed by atoms with E-state index in [4.69, 9.17) is 28.4 Å². The molecule has 0 saturated carbocycles. The Labute approximate surface area is 244 Å². The van der Waals surface area contributed by atoms with Crippen molar-refractivity contribution in [3.05, 3.63) is 84.5 Å². The Bertz CT molecular complexity index is 1220. The molecule has 0 aromatic heterocycles. The van der Waals surface area contributed by atoms with E-state index in [1.165, 1.54) is 13.8 Å². The number of hydrogen-bond donors (Lipinski definition) is 2. The number of ether oxygens (including phenoxy) is 6. The Balaban J connectivity index is 1.84. The van der Waals surface area contributed by atoms with Gasteiger partial charge in [-0.1, -0.05) is 43.5 Å². The van der Waals surface area contributed by atoms with Crippen LogP contribution in [0.3, 0.4) is 0 Å². The number of para-hydroxylation sites is 1. The van der Waals surface area contributed by atoms with Crippen LogP contribution in [-0.4, -0.2) is 69.7 Å². The first-order valence-electron chi connectivity index (χ1n) is 13.0. The van der Waals surface area contributed by atoms with Gasteiger partial charge in [0, 0.05) is 11.1 Å². The lowest BCUT2D eigenvalue weighted by Gasteiger charge is -2.20. The van der Waals surface area contributed by atoms with Gasteiger partial charge in [0.2, 0.25) is 0 Å². The van der Waals surface area contributed by atoms with E-state index >= 15 is 0 Å². The summed E-state index contributed by atoms with van der Waals surface area (Å²) < 4.78 is 32.0. The zero-order valence-electron chi connectivity index (χ0n) is 23.7. The van der Waals surface area contributed by atoms with Gasteiger partial charge in [-0.2, -0.15) is 0 Å². The van der Waals surface area contributed by atoms with E-state index in [1.54, 1.807) is 36.4 Å². The van der Waals surface area contributed by atoms with Gasteiger partial charge in [-0.15, -0.1) is 0 Å². The fourth-order valence-corrected chi connectivity index (χ4v) is 2.97. The van der Waals surface area contributed by atoms with Crippen LogP contribution >= 0.6 is 0 Å². The van der Waals surface area contributed by atoms with E-state index in [-0.39, 0.29) is 57.3 Å². The molecule has 2 rings (SSSR count). The number of carbonyl (C=O) groups is 4. The molecule has 12 nitrogen and oxygen atoms in total. The van der Waals surface area contributed by atoms with Crippen molar-refractivity contribution in [2.45, 2.75) is 26.6 Å². The molecule has 2 N–H and O–H groups in total. The molecule has 0 fully saturated rings. The quantitative estimate of drug-likeness (QED) is 0.122. The summed E-state index contributed by atoms with van der Waals surface area (Å²) >= 11 is 0. The maximum atomic E-state index is 12.3. The van der Waals surface area contributed by atoms with Gasteiger partial charge in [-0.05, 0) is 43.7 Å². The molecule has 2 amide bonds. The molecule has 0 saturated heterocycles. The number of esters is 2. The van der Waals surface area contributed by atoms with Crippen LogP contribution in [0.15, 0.2) is 78.9 Å². The number of rotatable bonds is 17. The van der Waals surface area contributed by atoms with Gasteiger partial charge in [0.15, 0.2) is 6.10 Å². The molecule has 2 aromatic carbocycles. The van der Waals surface area contributed by atoms with Crippen LogP contribution in [0.4, 0.5) is 9.59 Å². The molecular formula is C30H36N2O10. The minimum atomic E-state index is -0.798. The van der Waals surface area contributed by atoms with Gasteiger partial charge in [0.05, 0.1) is 13.1 Å². The topological polar surface area (TPSA) is 148 Å². The summed E-state index contributed by atoms with van der Waals surface area (Å²) in [7, 11) is 0. The molecule has 1 unspecified atom stereocenters. The standard InChI is InChI=1S/C30H36N2O10/c1-21(2)27(33)37-15-13-31-29(35)41-18-23-9-8-12-25(17-23)40-20-26(19-39-24-10-6-5-7-11-24)42-30(36)32-14-16-38-28(34)22(3)4/h5-12,17,26H,1,3,13-16,18-20H2,2,4H3,(H,31,35)(H,32,36). The van der Waals surface area contributed by atoms with Crippen LogP contribution in [0.5, 0.6) is 11.5 Å². The third-order valence-electron chi connectivity index (χ3n) is 5.06. The van der Waals surface area contributed by atoms with Crippen molar-refractivity contribution in [2.75, 3.05) is 39.5 Å². The molecule has 0 aliphatic heterocycles. The Hall–Kier alpha value is -5.00. The number of carbonyl (C=O) groups excluding carboxylic acids is 4. The van der Waals surface area contributed by atoms with Crippen LogP contribution in [-0.2, 0) is 35.1 Å². The van der Waals surface area contributed by atoms with Gasteiger partial charge in [-0.3, -0.25) is 0 Å².